The van der Waals surface area contributed by atoms with Crippen LogP contribution in [0.4, 0.5) is 0 Å². The van der Waals surface area contributed by atoms with Crippen molar-refractivity contribution in [1.82, 2.24) is 4.98 Å². The summed E-state index contributed by atoms with van der Waals surface area (Å²) >= 11 is 5.81. The van der Waals surface area contributed by atoms with Crippen molar-refractivity contribution < 1.29 is 9.84 Å². The number of halogens is 1. The summed E-state index contributed by atoms with van der Waals surface area (Å²) in [6.07, 6.45) is 5.27. The molecule has 1 aromatic rings. The number of aliphatic hydroxyl groups is 1. The largest absolute Gasteiger partial charge is 0.478 e. The second-order valence-corrected chi connectivity index (χ2v) is 4.26. The van der Waals surface area contributed by atoms with Crippen LogP contribution in [0.3, 0.4) is 0 Å². The normalized spacial score (nSPS) is 15.3. The van der Waals surface area contributed by atoms with Crippen LogP contribution in [0.2, 0.25) is 5.02 Å². The Morgan fingerprint density at radius 1 is 1.53 bits per heavy atom. The zero-order valence-electron chi connectivity index (χ0n) is 8.45. The molecule has 0 amide bonds. The third kappa shape index (κ3) is 3.08. The highest BCUT2D eigenvalue weighted by atomic mass is 35.5. The SMILES string of the molecule is OCc1cc(OCCC2CC2)ncc1Cl. The van der Waals surface area contributed by atoms with E-state index in [0.29, 0.717) is 23.1 Å². The first-order valence-corrected chi connectivity index (χ1v) is 5.55. The van der Waals surface area contributed by atoms with Crippen LogP contribution >= 0.6 is 11.6 Å². The second-order valence-electron chi connectivity index (χ2n) is 3.85. The number of ether oxygens (including phenoxy) is 1. The van der Waals surface area contributed by atoms with Crippen LogP contribution in [0, 0.1) is 5.92 Å². The van der Waals surface area contributed by atoms with Gasteiger partial charge in [-0.25, -0.2) is 4.98 Å². The van der Waals surface area contributed by atoms with Gasteiger partial charge in [-0.05, 0) is 12.3 Å². The van der Waals surface area contributed by atoms with Crippen molar-refractivity contribution in [2.45, 2.75) is 25.9 Å². The van der Waals surface area contributed by atoms with E-state index in [9.17, 15) is 0 Å². The molecule has 1 N–H and O–H groups in total. The highest BCUT2D eigenvalue weighted by Crippen LogP contribution is 2.32. The molecule has 1 aromatic heterocycles. The molecule has 15 heavy (non-hydrogen) atoms. The summed E-state index contributed by atoms with van der Waals surface area (Å²) < 4.78 is 5.47. The molecular weight excluding hydrogens is 214 g/mol. The number of aromatic nitrogens is 1. The number of nitrogens with zero attached hydrogens (tertiary/aromatic N) is 1. The van der Waals surface area contributed by atoms with Crippen molar-refractivity contribution in [1.29, 1.82) is 0 Å². The molecule has 0 spiro atoms. The molecule has 1 aliphatic carbocycles. The maximum Gasteiger partial charge on any atom is 0.213 e. The predicted molar refractivity (Wildman–Crippen MR) is 58.0 cm³/mol. The van der Waals surface area contributed by atoms with Gasteiger partial charge in [0.15, 0.2) is 0 Å². The zero-order chi connectivity index (χ0) is 10.7. The van der Waals surface area contributed by atoms with Crippen molar-refractivity contribution >= 4 is 11.6 Å². The van der Waals surface area contributed by atoms with Gasteiger partial charge in [0.1, 0.15) is 0 Å². The molecule has 1 heterocycles. The summed E-state index contributed by atoms with van der Waals surface area (Å²) in [6.45, 7) is 0.616. The Hall–Kier alpha value is -0.800. The molecule has 1 fully saturated rings. The van der Waals surface area contributed by atoms with E-state index in [2.05, 4.69) is 4.98 Å². The molecule has 82 valence electrons. The van der Waals surface area contributed by atoms with E-state index < -0.39 is 0 Å². The molecule has 0 radical (unpaired) electrons. The maximum absolute atomic E-state index is 9.00. The summed E-state index contributed by atoms with van der Waals surface area (Å²) in [4.78, 5) is 4.04. The van der Waals surface area contributed by atoms with Crippen LogP contribution in [0.15, 0.2) is 12.3 Å². The van der Waals surface area contributed by atoms with E-state index in [1.54, 1.807) is 6.07 Å². The van der Waals surface area contributed by atoms with Crippen molar-refractivity contribution in [3.8, 4) is 5.88 Å². The zero-order valence-corrected chi connectivity index (χ0v) is 9.20. The minimum Gasteiger partial charge on any atom is -0.478 e. The number of hydrogen-bond acceptors (Lipinski definition) is 3. The smallest absolute Gasteiger partial charge is 0.213 e. The Balaban J connectivity index is 1.89. The average Bonchev–Trinajstić information content (AvgIpc) is 3.04. The van der Waals surface area contributed by atoms with Gasteiger partial charge in [0.2, 0.25) is 5.88 Å². The molecule has 0 atom stereocenters. The molecule has 3 nitrogen and oxygen atoms in total. The number of hydrogen-bond donors (Lipinski definition) is 1. The number of rotatable bonds is 5. The van der Waals surface area contributed by atoms with Gasteiger partial charge in [-0.15, -0.1) is 0 Å². The Bertz CT molecular complexity index is 339. The molecule has 0 aliphatic heterocycles. The summed E-state index contributed by atoms with van der Waals surface area (Å²) in [5.74, 6) is 1.40. The molecule has 1 saturated carbocycles. The molecule has 2 rings (SSSR count). The van der Waals surface area contributed by atoms with Gasteiger partial charge in [0.25, 0.3) is 0 Å². The van der Waals surface area contributed by atoms with Gasteiger partial charge in [-0.3, -0.25) is 0 Å². The Labute approximate surface area is 94.0 Å². The van der Waals surface area contributed by atoms with Crippen molar-refractivity contribution in [3.63, 3.8) is 0 Å². The molecule has 0 saturated heterocycles. The molecule has 0 bridgehead atoms. The van der Waals surface area contributed by atoms with Gasteiger partial charge in [0.05, 0.1) is 18.2 Å². The molecule has 1 aliphatic rings. The maximum atomic E-state index is 9.00. The molecule has 0 unspecified atom stereocenters. The van der Waals surface area contributed by atoms with Crippen molar-refractivity contribution in [3.05, 3.63) is 22.8 Å². The van der Waals surface area contributed by atoms with E-state index >= 15 is 0 Å². The first-order valence-electron chi connectivity index (χ1n) is 5.17. The fourth-order valence-corrected chi connectivity index (χ4v) is 1.56. The molecule has 0 aromatic carbocycles. The van der Waals surface area contributed by atoms with E-state index in [0.717, 1.165) is 12.3 Å². The van der Waals surface area contributed by atoms with Gasteiger partial charge in [-0.1, -0.05) is 24.4 Å². The van der Waals surface area contributed by atoms with Gasteiger partial charge < -0.3 is 9.84 Å². The van der Waals surface area contributed by atoms with Crippen LogP contribution in [-0.4, -0.2) is 16.7 Å². The minimum absolute atomic E-state index is 0.0830. The second kappa shape index (κ2) is 4.81. The summed E-state index contributed by atoms with van der Waals surface area (Å²) in [5.41, 5.74) is 0.660. The van der Waals surface area contributed by atoms with Gasteiger partial charge >= 0.3 is 0 Å². The highest BCUT2D eigenvalue weighted by molar-refractivity contribution is 6.31. The van der Waals surface area contributed by atoms with E-state index in [4.69, 9.17) is 21.4 Å². The minimum atomic E-state index is -0.0830. The van der Waals surface area contributed by atoms with E-state index in [1.165, 1.54) is 19.0 Å². The lowest BCUT2D eigenvalue weighted by Crippen LogP contribution is -2.00. The lowest BCUT2D eigenvalue weighted by Gasteiger charge is -2.06. The topological polar surface area (TPSA) is 42.4 Å². The van der Waals surface area contributed by atoms with Crippen LogP contribution in [0.5, 0.6) is 5.88 Å². The molecular formula is C11H14ClNO2. The van der Waals surface area contributed by atoms with Crippen molar-refractivity contribution in [2.75, 3.05) is 6.61 Å². The van der Waals surface area contributed by atoms with E-state index in [1.807, 2.05) is 0 Å². The average molecular weight is 228 g/mol. The molecule has 4 heteroatoms. The van der Waals surface area contributed by atoms with Crippen molar-refractivity contribution in [2.24, 2.45) is 5.92 Å². The summed E-state index contributed by atoms with van der Waals surface area (Å²) in [7, 11) is 0. The summed E-state index contributed by atoms with van der Waals surface area (Å²) in [5, 5.41) is 9.48. The standard InChI is InChI=1S/C11H14ClNO2/c12-10-6-13-11(5-9(10)7-14)15-4-3-8-1-2-8/h5-6,8,14H,1-4,7H2. The number of pyridine rings is 1. The third-order valence-electron chi connectivity index (χ3n) is 2.55. The Morgan fingerprint density at radius 2 is 2.33 bits per heavy atom. The van der Waals surface area contributed by atoms with Crippen LogP contribution < -0.4 is 4.74 Å². The van der Waals surface area contributed by atoms with Gasteiger partial charge in [0, 0.05) is 17.8 Å². The predicted octanol–water partition coefficient (Wildman–Crippen LogP) is 2.41. The summed E-state index contributed by atoms with van der Waals surface area (Å²) in [6, 6.07) is 1.69. The lowest BCUT2D eigenvalue weighted by atomic mass is 10.3. The van der Waals surface area contributed by atoms with E-state index in [-0.39, 0.29) is 6.61 Å². The first-order chi connectivity index (χ1) is 7.29. The quantitative estimate of drug-likeness (QED) is 0.840. The number of aliphatic hydroxyl groups excluding tert-OH is 1. The first kappa shape index (κ1) is 10.7. The Morgan fingerprint density at radius 3 is 3.00 bits per heavy atom. The third-order valence-corrected chi connectivity index (χ3v) is 2.89. The highest BCUT2D eigenvalue weighted by Gasteiger charge is 2.20. The fourth-order valence-electron chi connectivity index (χ4n) is 1.40. The Kier molecular flexibility index (Phi) is 3.44. The van der Waals surface area contributed by atoms with Crippen LogP contribution in [0.25, 0.3) is 0 Å². The van der Waals surface area contributed by atoms with Crippen LogP contribution in [0.1, 0.15) is 24.8 Å². The van der Waals surface area contributed by atoms with Gasteiger partial charge in [-0.2, -0.15) is 0 Å². The lowest BCUT2D eigenvalue weighted by molar-refractivity contribution is 0.274. The monoisotopic (exact) mass is 227 g/mol. The van der Waals surface area contributed by atoms with Crippen LogP contribution in [-0.2, 0) is 6.61 Å². The fraction of sp³-hybridized carbons (Fsp3) is 0.545.